The average molecular weight is 296 g/mol. The van der Waals surface area contributed by atoms with E-state index in [1.807, 2.05) is 12.1 Å². The van der Waals surface area contributed by atoms with Crippen molar-refractivity contribution in [1.82, 2.24) is 0 Å². The lowest BCUT2D eigenvalue weighted by Gasteiger charge is -2.11. The van der Waals surface area contributed by atoms with Gasteiger partial charge in [-0.3, -0.25) is 0 Å². The lowest BCUT2D eigenvalue weighted by atomic mass is 9.99. The Hall–Kier alpha value is -1.16. The minimum Gasteiger partial charge on any atom is -0.313 e. The molecule has 4 heteroatoms. The standard InChI is InChI=1S/C13H14BrNO2/c14-12-9-5-4-8-11(12)13(16)17-15-10-6-2-1-3-7-10/h4-5,8-9H,1-3,6-7H2. The van der Waals surface area contributed by atoms with Crippen LogP contribution in [0, 0.1) is 0 Å². The highest BCUT2D eigenvalue weighted by Gasteiger charge is 2.12. The van der Waals surface area contributed by atoms with Crippen LogP contribution in [0.1, 0.15) is 42.5 Å². The van der Waals surface area contributed by atoms with Crippen LogP contribution in [0.15, 0.2) is 33.9 Å². The molecule has 0 saturated heterocycles. The molecule has 0 aliphatic heterocycles. The van der Waals surface area contributed by atoms with Gasteiger partial charge in [-0.05, 0) is 53.7 Å². The van der Waals surface area contributed by atoms with E-state index in [0.717, 1.165) is 35.9 Å². The number of halogens is 1. The monoisotopic (exact) mass is 295 g/mol. The summed E-state index contributed by atoms with van der Waals surface area (Å²) in [6.07, 6.45) is 5.43. The van der Waals surface area contributed by atoms with Crippen LogP contribution in [0.2, 0.25) is 0 Å². The fourth-order valence-corrected chi connectivity index (χ4v) is 2.28. The molecule has 0 aromatic heterocycles. The third-order valence-corrected chi connectivity index (χ3v) is 3.47. The van der Waals surface area contributed by atoms with Crippen LogP contribution in [0.25, 0.3) is 0 Å². The van der Waals surface area contributed by atoms with Crippen molar-refractivity contribution in [2.24, 2.45) is 5.16 Å². The first-order chi connectivity index (χ1) is 8.27. The summed E-state index contributed by atoms with van der Waals surface area (Å²) in [5.41, 5.74) is 1.50. The van der Waals surface area contributed by atoms with E-state index >= 15 is 0 Å². The summed E-state index contributed by atoms with van der Waals surface area (Å²) >= 11 is 3.31. The summed E-state index contributed by atoms with van der Waals surface area (Å²) in [6.45, 7) is 0. The van der Waals surface area contributed by atoms with Crippen LogP contribution in [0.4, 0.5) is 0 Å². The van der Waals surface area contributed by atoms with Gasteiger partial charge in [-0.2, -0.15) is 0 Å². The van der Waals surface area contributed by atoms with E-state index in [4.69, 9.17) is 4.84 Å². The zero-order valence-electron chi connectivity index (χ0n) is 9.49. The Balaban J connectivity index is 2.00. The van der Waals surface area contributed by atoms with Gasteiger partial charge in [0.05, 0.1) is 11.3 Å². The minimum atomic E-state index is -0.407. The molecule has 0 bridgehead atoms. The third-order valence-electron chi connectivity index (χ3n) is 2.78. The SMILES string of the molecule is O=C(ON=C1CCCCC1)c1ccccc1Br. The van der Waals surface area contributed by atoms with Gasteiger partial charge in [-0.1, -0.05) is 23.7 Å². The Kier molecular flexibility index (Phi) is 4.31. The van der Waals surface area contributed by atoms with Gasteiger partial charge in [0.15, 0.2) is 0 Å². The number of hydrogen-bond donors (Lipinski definition) is 0. The van der Waals surface area contributed by atoms with Gasteiger partial charge in [0.2, 0.25) is 0 Å². The van der Waals surface area contributed by atoms with Crippen molar-refractivity contribution in [1.29, 1.82) is 0 Å². The number of rotatable bonds is 2. The topological polar surface area (TPSA) is 38.7 Å². The number of nitrogens with zero attached hydrogens (tertiary/aromatic N) is 1. The quantitative estimate of drug-likeness (QED) is 0.612. The predicted octanol–water partition coefficient (Wildman–Crippen LogP) is 3.93. The van der Waals surface area contributed by atoms with Crippen LogP contribution >= 0.6 is 15.9 Å². The molecule has 1 saturated carbocycles. The van der Waals surface area contributed by atoms with Crippen molar-refractivity contribution < 1.29 is 9.63 Å². The van der Waals surface area contributed by atoms with E-state index in [2.05, 4.69) is 21.1 Å². The van der Waals surface area contributed by atoms with Crippen LogP contribution in [-0.2, 0) is 4.84 Å². The van der Waals surface area contributed by atoms with Crippen molar-refractivity contribution in [2.75, 3.05) is 0 Å². The van der Waals surface area contributed by atoms with Gasteiger partial charge >= 0.3 is 5.97 Å². The van der Waals surface area contributed by atoms with E-state index in [-0.39, 0.29) is 0 Å². The second-order valence-corrected chi connectivity index (χ2v) is 4.93. The van der Waals surface area contributed by atoms with Gasteiger partial charge in [-0.15, -0.1) is 0 Å². The van der Waals surface area contributed by atoms with Gasteiger partial charge in [0, 0.05) is 4.47 Å². The average Bonchev–Trinajstić information content (AvgIpc) is 2.38. The molecule has 0 spiro atoms. The number of benzene rings is 1. The van der Waals surface area contributed by atoms with Crippen LogP contribution < -0.4 is 0 Å². The molecular weight excluding hydrogens is 282 g/mol. The summed E-state index contributed by atoms with van der Waals surface area (Å²) in [4.78, 5) is 16.7. The molecule has 17 heavy (non-hydrogen) atoms. The summed E-state index contributed by atoms with van der Waals surface area (Å²) in [5, 5.41) is 3.95. The number of carbonyl (C=O) groups excluding carboxylic acids is 1. The Morgan fingerprint density at radius 2 is 1.88 bits per heavy atom. The Morgan fingerprint density at radius 3 is 2.59 bits per heavy atom. The first-order valence-corrected chi connectivity index (χ1v) is 6.58. The van der Waals surface area contributed by atoms with E-state index in [9.17, 15) is 4.79 Å². The molecule has 0 amide bonds. The molecule has 0 N–H and O–H groups in total. The van der Waals surface area contributed by atoms with E-state index in [1.165, 1.54) is 6.42 Å². The number of hydrogen-bond acceptors (Lipinski definition) is 3. The largest absolute Gasteiger partial charge is 0.366 e. The molecule has 1 aromatic rings. The van der Waals surface area contributed by atoms with E-state index in [1.54, 1.807) is 12.1 Å². The lowest BCUT2D eigenvalue weighted by Crippen LogP contribution is -2.08. The smallest absolute Gasteiger partial charge is 0.313 e. The maximum absolute atomic E-state index is 11.7. The molecule has 1 aliphatic carbocycles. The van der Waals surface area contributed by atoms with Crippen LogP contribution in [0.3, 0.4) is 0 Å². The van der Waals surface area contributed by atoms with Gasteiger partial charge in [0.25, 0.3) is 0 Å². The molecular formula is C13H14BrNO2. The maximum atomic E-state index is 11.7. The summed E-state index contributed by atoms with van der Waals surface area (Å²) in [5.74, 6) is -0.407. The van der Waals surface area contributed by atoms with Gasteiger partial charge in [0.1, 0.15) is 0 Å². The summed E-state index contributed by atoms with van der Waals surface area (Å²) < 4.78 is 0.730. The first kappa shape index (κ1) is 12.3. The Labute approximate surface area is 109 Å². The van der Waals surface area contributed by atoms with Crippen molar-refractivity contribution in [3.05, 3.63) is 34.3 Å². The highest BCUT2D eigenvalue weighted by Crippen LogP contribution is 2.18. The molecule has 0 atom stereocenters. The van der Waals surface area contributed by atoms with Crippen molar-refractivity contribution >= 4 is 27.6 Å². The zero-order chi connectivity index (χ0) is 12.1. The minimum absolute atomic E-state index is 0.407. The van der Waals surface area contributed by atoms with E-state index < -0.39 is 5.97 Å². The third kappa shape index (κ3) is 3.40. The molecule has 3 nitrogen and oxygen atoms in total. The Bertz CT molecular complexity index is 435. The zero-order valence-corrected chi connectivity index (χ0v) is 11.1. The highest BCUT2D eigenvalue weighted by molar-refractivity contribution is 9.10. The second-order valence-electron chi connectivity index (χ2n) is 4.08. The molecule has 2 rings (SSSR count). The van der Waals surface area contributed by atoms with Crippen LogP contribution in [0.5, 0.6) is 0 Å². The van der Waals surface area contributed by atoms with E-state index in [0.29, 0.717) is 5.56 Å². The fourth-order valence-electron chi connectivity index (χ4n) is 1.83. The lowest BCUT2D eigenvalue weighted by molar-refractivity contribution is 0.0512. The van der Waals surface area contributed by atoms with Crippen molar-refractivity contribution in [3.63, 3.8) is 0 Å². The predicted molar refractivity (Wildman–Crippen MR) is 70.1 cm³/mol. The molecule has 0 heterocycles. The maximum Gasteiger partial charge on any atom is 0.366 e. The first-order valence-electron chi connectivity index (χ1n) is 5.79. The molecule has 0 unspecified atom stereocenters. The normalized spacial score (nSPS) is 15.5. The Morgan fingerprint density at radius 1 is 1.18 bits per heavy atom. The number of oxime groups is 1. The van der Waals surface area contributed by atoms with Crippen LogP contribution in [-0.4, -0.2) is 11.7 Å². The fraction of sp³-hybridized carbons (Fsp3) is 0.385. The molecule has 1 aromatic carbocycles. The number of carbonyl (C=O) groups is 1. The summed E-state index contributed by atoms with van der Waals surface area (Å²) in [6, 6.07) is 7.18. The molecule has 0 radical (unpaired) electrons. The van der Waals surface area contributed by atoms with Crippen molar-refractivity contribution in [2.45, 2.75) is 32.1 Å². The summed E-state index contributed by atoms with van der Waals surface area (Å²) in [7, 11) is 0. The second kappa shape index (κ2) is 5.96. The molecule has 90 valence electrons. The van der Waals surface area contributed by atoms with Gasteiger partial charge < -0.3 is 4.84 Å². The highest BCUT2D eigenvalue weighted by atomic mass is 79.9. The van der Waals surface area contributed by atoms with Crippen molar-refractivity contribution in [3.8, 4) is 0 Å². The van der Waals surface area contributed by atoms with Gasteiger partial charge in [-0.25, -0.2) is 4.79 Å². The molecule has 1 aliphatic rings. The molecule has 1 fully saturated rings.